The summed E-state index contributed by atoms with van der Waals surface area (Å²) in [5.41, 5.74) is 1.19. The minimum absolute atomic E-state index is 0.281. The smallest absolute Gasteiger partial charge is 0.253 e. The highest BCUT2D eigenvalue weighted by atomic mass is 35.5. The van der Waals surface area contributed by atoms with Gasteiger partial charge in [-0.1, -0.05) is 36.7 Å². The maximum atomic E-state index is 12.5. The van der Waals surface area contributed by atoms with E-state index in [0.717, 1.165) is 12.0 Å². The zero-order valence-corrected chi connectivity index (χ0v) is 17.9. The third kappa shape index (κ3) is 6.12. The van der Waals surface area contributed by atoms with Crippen molar-refractivity contribution in [2.45, 2.75) is 39.3 Å². The predicted octanol–water partition coefficient (Wildman–Crippen LogP) is 4.13. The molecule has 0 saturated heterocycles. The third-order valence-corrected chi connectivity index (χ3v) is 4.70. The number of hydrogen-bond acceptors (Lipinski definition) is 4. The summed E-state index contributed by atoms with van der Waals surface area (Å²) in [6.45, 7) is 6.12. The summed E-state index contributed by atoms with van der Waals surface area (Å²) in [4.78, 5) is 24.9. The minimum atomic E-state index is -0.727. The van der Waals surface area contributed by atoms with E-state index in [0.29, 0.717) is 28.7 Å². The Balaban J connectivity index is 2.00. The van der Waals surface area contributed by atoms with Crippen LogP contribution in [0.15, 0.2) is 42.5 Å². The van der Waals surface area contributed by atoms with Crippen molar-refractivity contribution in [1.82, 2.24) is 10.6 Å². The van der Waals surface area contributed by atoms with E-state index in [1.54, 1.807) is 38.3 Å². The van der Waals surface area contributed by atoms with Crippen molar-refractivity contribution >= 4 is 23.4 Å². The average molecular weight is 419 g/mol. The van der Waals surface area contributed by atoms with Crippen LogP contribution < -0.4 is 20.1 Å². The Morgan fingerprint density at radius 2 is 1.79 bits per heavy atom. The number of halogens is 1. The van der Waals surface area contributed by atoms with Gasteiger partial charge in [-0.15, -0.1) is 0 Å². The summed E-state index contributed by atoms with van der Waals surface area (Å²) >= 11 is 6.04. The zero-order valence-electron chi connectivity index (χ0n) is 17.1. The van der Waals surface area contributed by atoms with E-state index in [1.807, 2.05) is 32.0 Å². The van der Waals surface area contributed by atoms with Crippen LogP contribution in [0.2, 0.25) is 5.02 Å². The molecular weight excluding hydrogens is 392 g/mol. The molecule has 2 unspecified atom stereocenters. The monoisotopic (exact) mass is 418 g/mol. The van der Waals surface area contributed by atoms with Crippen LogP contribution in [-0.4, -0.2) is 31.6 Å². The molecule has 0 saturated carbocycles. The van der Waals surface area contributed by atoms with Crippen LogP contribution >= 0.6 is 11.6 Å². The molecule has 0 aliphatic rings. The summed E-state index contributed by atoms with van der Waals surface area (Å²) in [7, 11) is 1.58. The molecule has 0 spiro atoms. The molecule has 0 aliphatic carbocycles. The number of rotatable bonds is 9. The molecule has 7 heteroatoms. The standard InChI is InChI=1S/C22H27ClN2O4/c1-5-12-29-19-11-10-16(13-20(19)28-4)14(2)24-21(26)15(3)25-22(27)17-8-6-7-9-18(17)23/h6-11,13-15H,5,12H2,1-4H3,(H,24,26)(H,25,27). The normalized spacial score (nSPS) is 12.6. The van der Waals surface area contributed by atoms with Gasteiger partial charge in [0.1, 0.15) is 6.04 Å². The zero-order chi connectivity index (χ0) is 21.4. The first-order valence-electron chi connectivity index (χ1n) is 9.53. The van der Waals surface area contributed by atoms with Gasteiger partial charge in [0.2, 0.25) is 5.91 Å². The van der Waals surface area contributed by atoms with Crippen molar-refractivity contribution in [3.05, 3.63) is 58.6 Å². The maximum Gasteiger partial charge on any atom is 0.253 e. The summed E-state index contributed by atoms with van der Waals surface area (Å²) in [6, 6.07) is 11.2. The van der Waals surface area contributed by atoms with Gasteiger partial charge in [0.05, 0.1) is 30.3 Å². The van der Waals surface area contributed by atoms with E-state index in [1.165, 1.54) is 0 Å². The van der Waals surface area contributed by atoms with E-state index < -0.39 is 11.9 Å². The van der Waals surface area contributed by atoms with Gasteiger partial charge in [0.25, 0.3) is 5.91 Å². The Labute approximate surface area is 176 Å². The van der Waals surface area contributed by atoms with Crippen LogP contribution in [-0.2, 0) is 4.79 Å². The number of nitrogens with one attached hydrogen (secondary N) is 2. The first kappa shape index (κ1) is 22.6. The van der Waals surface area contributed by atoms with Gasteiger partial charge in [-0.05, 0) is 50.1 Å². The molecule has 2 aromatic carbocycles. The van der Waals surface area contributed by atoms with Crippen LogP contribution in [0.1, 0.15) is 49.2 Å². The molecule has 0 aliphatic heterocycles. The van der Waals surface area contributed by atoms with Gasteiger partial charge in [-0.2, -0.15) is 0 Å². The van der Waals surface area contributed by atoms with Crippen molar-refractivity contribution in [3.63, 3.8) is 0 Å². The molecule has 156 valence electrons. The molecule has 2 aromatic rings. The van der Waals surface area contributed by atoms with Crippen molar-refractivity contribution in [2.24, 2.45) is 0 Å². The number of carbonyl (C=O) groups excluding carboxylic acids is 2. The van der Waals surface area contributed by atoms with Gasteiger partial charge in [-0.25, -0.2) is 0 Å². The van der Waals surface area contributed by atoms with Gasteiger partial charge in [-0.3, -0.25) is 9.59 Å². The highest BCUT2D eigenvalue weighted by molar-refractivity contribution is 6.33. The summed E-state index contributed by atoms with van der Waals surface area (Å²) < 4.78 is 11.0. The van der Waals surface area contributed by atoms with E-state index in [9.17, 15) is 9.59 Å². The lowest BCUT2D eigenvalue weighted by Gasteiger charge is -2.20. The van der Waals surface area contributed by atoms with Crippen LogP contribution in [0.25, 0.3) is 0 Å². The fourth-order valence-electron chi connectivity index (χ4n) is 2.69. The van der Waals surface area contributed by atoms with Gasteiger partial charge < -0.3 is 20.1 Å². The average Bonchev–Trinajstić information content (AvgIpc) is 2.72. The van der Waals surface area contributed by atoms with Crippen molar-refractivity contribution in [3.8, 4) is 11.5 Å². The molecule has 2 amide bonds. The first-order valence-corrected chi connectivity index (χ1v) is 9.91. The van der Waals surface area contributed by atoms with Crippen LogP contribution in [0.4, 0.5) is 0 Å². The highest BCUT2D eigenvalue weighted by Crippen LogP contribution is 2.30. The third-order valence-electron chi connectivity index (χ3n) is 4.37. The molecule has 2 atom stereocenters. The quantitative estimate of drug-likeness (QED) is 0.641. The lowest BCUT2D eigenvalue weighted by molar-refractivity contribution is -0.123. The van der Waals surface area contributed by atoms with E-state index >= 15 is 0 Å². The second kappa shape index (κ2) is 10.7. The number of carbonyl (C=O) groups is 2. The molecule has 2 N–H and O–H groups in total. The predicted molar refractivity (Wildman–Crippen MR) is 114 cm³/mol. The summed E-state index contributed by atoms with van der Waals surface area (Å²) in [5.74, 6) is 0.572. The van der Waals surface area contributed by atoms with Crippen LogP contribution in [0.3, 0.4) is 0 Å². The minimum Gasteiger partial charge on any atom is -0.493 e. The Morgan fingerprint density at radius 3 is 2.45 bits per heavy atom. The Bertz CT molecular complexity index is 856. The second-order valence-electron chi connectivity index (χ2n) is 6.66. The SMILES string of the molecule is CCCOc1ccc(C(C)NC(=O)C(C)NC(=O)c2ccccc2Cl)cc1OC. The van der Waals surface area contributed by atoms with Gasteiger partial charge >= 0.3 is 0 Å². The molecular formula is C22H27ClN2O4. The molecule has 2 rings (SSSR count). The Kier molecular flexibility index (Phi) is 8.34. The second-order valence-corrected chi connectivity index (χ2v) is 7.07. The van der Waals surface area contributed by atoms with E-state index in [4.69, 9.17) is 21.1 Å². The largest absolute Gasteiger partial charge is 0.493 e. The maximum absolute atomic E-state index is 12.5. The fraction of sp³-hybridized carbons (Fsp3) is 0.364. The van der Waals surface area contributed by atoms with Crippen molar-refractivity contribution in [1.29, 1.82) is 0 Å². The first-order chi connectivity index (χ1) is 13.9. The fourth-order valence-corrected chi connectivity index (χ4v) is 2.91. The van der Waals surface area contributed by atoms with E-state index in [2.05, 4.69) is 10.6 Å². The number of hydrogen-bond donors (Lipinski definition) is 2. The Morgan fingerprint density at radius 1 is 1.07 bits per heavy atom. The molecule has 0 heterocycles. The topological polar surface area (TPSA) is 76.7 Å². The number of benzene rings is 2. The number of methoxy groups -OCH3 is 1. The number of amides is 2. The van der Waals surface area contributed by atoms with Crippen LogP contribution in [0, 0.1) is 0 Å². The Hall–Kier alpha value is -2.73. The molecule has 0 aromatic heterocycles. The van der Waals surface area contributed by atoms with Gasteiger partial charge in [0, 0.05) is 0 Å². The summed E-state index contributed by atoms with van der Waals surface area (Å²) in [6.07, 6.45) is 0.898. The van der Waals surface area contributed by atoms with E-state index in [-0.39, 0.29) is 11.9 Å². The lowest BCUT2D eigenvalue weighted by Crippen LogP contribution is -2.45. The van der Waals surface area contributed by atoms with Crippen LogP contribution in [0.5, 0.6) is 11.5 Å². The molecule has 0 bridgehead atoms. The van der Waals surface area contributed by atoms with Crippen molar-refractivity contribution < 1.29 is 19.1 Å². The summed E-state index contributed by atoms with van der Waals surface area (Å²) in [5, 5.41) is 5.90. The molecule has 6 nitrogen and oxygen atoms in total. The number of ether oxygens (including phenoxy) is 2. The molecule has 0 radical (unpaired) electrons. The molecule has 29 heavy (non-hydrogen) atoms. The van der Waals surface area contributed by atoms with Crippen molar-refractivity contribution in [2.75, 3.05) is 13.7 Å². The van der Waals surface area contributed by atoms with Gasteiger partial charge in [0.15, 0.2) is 11.5 Å². The highest BCUT2D eigenvalue weighted by Gasteiger charge is 2.20. The lowest BCUT2D eigenvalue weighted by atomic mass is 10.1. The molecule has 0 fully saturated rings.